The average molecular weight is 771 g/mol. The molecule has 0 spiro atoms. The van der Waals surface area contributed by atoms with Crippen molar-refractivity contribution in [1.29, 1.82) is 0 Å². The minimum absolute atomic E-state index is 0.267. The number of ketones is 1. The topological polar surface area (TPSA) is 108 Å². The van der Waals surface area contributed by atoms with Gasteiger partial charge in [0.25, 0.3) is 0 Å². The molecular formula is C49H54N8O. The summed E-state index contributed by atoms with van der Waals surface area (Å²) in [4.78, 5) is 34.1. The fourth-order valence-electron chi connectivity index (χ4n) is 8.50. The Labute approximate surface area is 342 Å². The summed E-state index contributed by atoms with van der Waals surface area (Å²) in [7, 11) is 0. The van der Waals surface area contributed by atoms with Gasteiger partial charge in [-0.25, -0.2) is 9.97 Å². The first-order valence-electron chi connectivity index (χ1n) is 20.7. The highest BCUT2D eigenvalue weighted by Crippen LogP contribution is 2.33. The maximum atomic E-state index is 15.2. The predicted octanol–water partition coefficient (Wildman–Crippen LogP) is 7.05. The van der Waals surface area contributed by atoms with Crippen LogP contribution in [0.25, 0.3) is 22.5 Å². The van der Waals surface area contributed by atoms with Crippen LogP contribution in [-0.2, 0) is 17.6 Å². The maximum absolute atomic E-state index is 15.2. The minimum atomic E-state index is -0.315. The summed E-state index contributed by atoms with van der Waals surface area (Å²) in [6.07, 6.45) is 1.95. The lowest BCUT2D eigenvalue weighted by molar-refractivity contribution is -0.132. The van der Waals surface area contributed by atoms with E-state index < -0.39 is 0 Å². The normalized spacial score (nSPS) is 16.8. The second-order valence-electron chi connectivity index (χ2n) is 15.6. The van der Waals surface area contributed by atoms with Crippen molar-refractivity contribution in [2.45, 2.75) is 24.9 Å². The van der Waals surface area contributed by atoms with Gasteiger partial charge in [0.2, 0.25) is 0 Å². The number of pyridine rings is 2. The van der Waals surface area contributed by atoms with E-state index in [0.717, 1.165) is 112 Å². The summed E-state index contributed by atoms with van der Waals surface area (Å²) in [5.41, 5.74) is 20.5. The van der Waals surface area contributed by atoms with Crippen LogP contribution >= 0.6 is 0 Å². The lowest BCUT2D eigenvalue weighted by Crippen LogP contribution is -2.53. The number of rotatable bonds is 14. The molecule has 6 aromatic rings. The molecule has 0 bridgehead atoms. The van der Waals surface area contributed by atoms with Gasteiger partial charge in [0.05, 0.1) is 23.5 Å². The first kappa shape index (κ1) is 39.1. The van der Waals surface area contributed by atoms with Crippen LogP contribution in [0.1, 0.15) is 34.3 Å². The van der Waals surface area contributed by atoms with Crippen LogP contribution in [0.3, 0.4) is 0 Å². The molecule has 0 radical (unpaired) electrons. The Kier molecular flexibility index (Phi) is 12.6. The van der Waals surface area contributed by atoms with Gasteiger partial charge in [-0.15, -0.1) is 0 Å². The fraction of sp³-hybridized carbons (Fsp3) is 0.286. The number of nitrogens with two attached hydrogens (primary N) is 2. The molecule has 4 N–H and O–H groups in total. The molecule has 4 aromatic carbocycles. The Bertz CT molecular complexity index is 2060. The van der Waals surface area contributed by atoms with Gasteiger partial charge in [-0.3, -0.25) is 14.6 Å². The van der Waals surface area contributed by atoms with E-state index in [1.807, 2.05) is 48.5 Å². The highest BCUT2D eigenvalue weighted by Gasteiger charge is 2.38. The van der Waals surface area contributed by atoms with E-state index in [1.165, 1.54) is 11.1 Å². The second kappa shape index (κ2) is 18.7. The zero-order valence-electron chi connectivity index (χ0n) is 33.2. The third-order valence-electron chi connectivity index (χ3n) is 11.8. The van der Waals surface area contributed by atoms with Gasteiger partial charge < -0.3 is 21.3 Å². The van der Waals surface area contributed by atoms with Crippen molar-refractivity contribution in [1.82, 2.24) is 29.6 Å². The van der Waals surface area contributed by atoms with Gasteiger partial charge in [0, 0.05) is 76.6 Å². The van der Waals surface area contributed by atoms with E-state index in [1.54, 1.807) is 0 Å². The van der Waals surface area contributed by atoms with Crippen LogP contribution in [0.4, 0.5) is 11.6 Å². The fourth-order valence-corrected chi connectivity index (χ4v) is 8.50. The zero-order valence-corrected chi connectivity index (χ0v) is 33.2. The van der Waals surface area contributed by atoms with E-state index >= 15 is 4.79 Å². The van der Waals surface area contributed by atoms with Crippen LogP contribution in [0.5, 0.6) is 0 Å². The SMILES string of the molecule is Nc1cccc(-c2ccc(CCN3CCN(C(C(=O)C(c4ccccc4)N4CCN(CCc5ccc(-c6cccc(N)n6)cc5)CC4)c4ccccc4)CC3)cc2)n1. The zero-order chi connectivity index (χ0) is 39.7. The van der Waals surface area contributed by atoms with Gasteiger partial charge in [-0.05, 0) is 59.4 Å². The number of carbonyl (C=O) groups excluding carboxylic acids is 1. The van der Waals surface area contributed by atoms with Crippen molar-refractivity contribution in [3.63, 3.8) is 0 Å². The quantitative estimate of drug-likeness (QED) is 0.121. The number of carbonyl (C=O) groups is 1. The van der Waals surface area contributed by atoms with Gasteiger partial charge in [-0.1, -0.05) is 121 Å². The maximum Gasteiger partial charge on any atom is 0.176 e. The number of anilines is 2. The molecule has 2 fully saturated rings. The number of nitrogen functional groups attached to an aromatic ring is 2. The van der Waals surface area contributed by atoms with Crippen molar-refractivity contribution >= 4 is 17.4 Å². The number of piperazine rings is 2. The summed E-state index contributed by atoms with van der Waals surface area (Å²) in [5.74, 6) is 1.33. The number of hydrogen-bond donors (Lipinski definition) is 2. The van der Waals surface area contributed by atoms with Crippen LogP contribution in [0.2, 0.25) is 0 Å². The molecule has 9 heteroatoms. The first-order chi connectivity index (χ1) is 28.5. The molecule has 58 heavy (non-hydrogen) atoms. The third kappa shape index (κ3) is 9.69. The highest BCUT2D eigenvalue weighted by molar-refractivity contribution is 5.91. The molecule has 2 atom stereocenters. The van der Waals surface area contributed by atoms with Crippen LogP contribution in [0, 0.1) is 0 Å². The number of benzene rings is 4. The van der Waals surface area contributed by atoms with Crippen LogP contribution in [0.15, 0.2) is 146 Å². The number of Topliss-reactive ketones (excluding diaryl/α,β-unsaturated/α-hetero) is 1. The predicted molar refractivity (Wildman–Crippen MR) is 235 cm³/mol. The second-order valence-corrected chi connectivity index (χ2v) is 15.6. The Morgan fingerprint density at radius 3 is 1.21 bits per heavy atom. The average Bonchev–Trinajstić information content (AvgIpc) is 3.27. The highest BCUT2D eigenvalue weighted by atomic mass is 16.1. The van der Waals surface area contributed by atoms with Crippen molar-refractivity contribution < 1.29 is 4.79 Å². The van der Waals surface area contributed by atoms with E-state index in [4.69, 9.17) is 11.5 Å². The molecule has 2 unspecified atom stereocenters. The third-order valence-corrected chi connectivity index (χ3v) is 11.8. The van der Waals surface area contributed by atoms with E-state index in [0.29, 0.717) is 11.6 Å². The molecule has 9 nitrogen and oxygen atoms in total. The van der Waals surface area contributed by atoms with Gasteiger partial charge in [0.15, 0.2) is 5.78 Å². The van der Waals surface area contributed by atoms with Crippen LogP contribution in [-0.4, -0.2) is 101 Å². The molecule has 8 rings (SSSR count). The largest absolute Gasteiger partial charge is 0.384 e. The Hall–Kier alpha value is -5.71. The number of hydrogen-bond acceptors (Lipinski definition) is 9. The summed E-state index contributed by atoms with van der Waals surface area (Å²) < 4.78 is 0. The number of nitrogens with zero attached hydrogens (tertiary/aromatic N) is 6. The van der Waals surface area contributed by atoms with Gasteiger partial charge in [-0.2, -0.15) is 0 Å². The standard InChI is InChI=1S/C49H54N8O/c50-45-15-7-13-43(52-45)39-21-17-37(18-22-39)25-27-54-29-33-56(34-30-54)47(41-9-3-1-4-10-41)49(58)48(42-11-5-2-6-12-42)57-35-31-55(32-36-57)28-26-38-19-23-40(24-20-38)44-14-8-16-46(51)53-44/h1-24,47-48H,25-36H2,(H2,50,52)(H2,51,53). The molecule has 4 heterocycles. The Morgan fingerprint density at radius 1 is 0.466 bits per heavy atom. The monoisotopic (exact) mass is 770 g/mol. The lowest BCUT2D eigenvalue weighted by Gasteiger charge is -2.43. The van der Waals surface area contributed by atoms with Crippen molar-refractivity contribution in [2.24, 2.45) is 0 Å². The lowest BCUT2D eigenvalue weighted by atomic mass is 9.90. The first-order valence-corrected chi connectivity index (χ1v) is 20.7. The van der Waals surface area contributed by atoms with Gasteiger partial charge in [0.1, 0.15) is 11.6 Å². The minimum Gasteiger partial charge on any atom is -0.384 e. The molecular weight excluding hydrogens is 717 g/mol. The number of aromatic nitrogens is 2. The summed E-state index contributed by atoms with van der Waals surface area (Å²) in [6, 6.07) is 49.1. The van der Waals surface area contributed by atoms with E-state index in [-0.39, 0.29) is 17.9 Å². The molecule has 0 saturated carbocycles. The molecule has 0 amide bonds. The summed E-state index contributed by atoms with van der Waals surface area (Å²) >= 11 is 0. The molecule has 2 saturated heterocycles. The smallest absolute Gasteiger partial charge is 0.176 e. The molecule has 2 aliphatic rings. The van der Waals surface area contributed by atoms with Crippen molar-refractivity contribution in [3.8, 4) is 22.5 Å². The molecule has 0 aliphatic carbocycles. The van der Waals surface area contributed by atoms with Gasteiger partial charge >= 0.3 is 0 Å². The Balaban J connectivity index is 0.895. The molecule has 2 aromatic heterocycles. The van der Waals surface area contributed by atoms with E-state index in [2.05, 4.69) is 127 Å². The summed E-state index contributed by atoms with van der Waals surface area (Å²) in [6.45, 7) is 9.06. The summed E-state index contributed by atoms with van der Waals surface area (Å²) in [5, 5.41) is 0. The Morgan fingerprint density at radius 2 is 0.845 bits per heavy atom. The van der Waals surface area contributed by atoms with Crippen molar-refractivity contribution in [2.75, 3.05) is 76.9 Å². The van der Waals surface area contributed by atoms with Crippen molar-refractivity contribution in [3.05, 3.63) is 168 Å². The molecule has 2 aliphatic heterocycles. The molecule has 296 valence electrons. The van der Waals surface area contributed by atoms with Crippen LogP contribution < -0.4 is 11.5 Å². The van der Waals surface area contributed by atoms with E-state index in [9.17, 15) is 0 Å².